The molecule has 1 aromatic heterocycles. The Hall–Kier alpha value is -2.46. The summed E-state index contributed by atoms with van der Waals surface area (Å²) in [4.78, 5) is 0. The van der Waals surface area contributed by atoms with Crippen LogP contribution in [0.1, 0.15) is 24.2 Å². The molecule has 9 heteroatoms. The third-order valence-corrected chi connectivity index (χ3v) is 5.55. The zero-order chi connectivity index (χ0) is 20.1. The van der Waals surface area contributed by atoms with Gasteiger partial charge >= 0.3 is 0 Å². The van der Waals surface area contributed by atoms with Gasteiger partial charge in [0.1, 0.15) is 5.75 Å². The molecule has 0 saturated carbocycles. The average molecular weight is 402 g/mol. The van der Waals surface area contributed by atoms with E-state index in [2.05, 4.69) is 15.5 Å². The molecule has 1 heterocycles. The molecule has 0 aliphatic carbocycles. The third kappa shape index (κ3) is 4.68. The van der Waals surface area contributed by atoms with Gasteiger partial charge in [-0.05, 0) is 45.8 Å². The van der Waals surface area contributed by atoms with Gasteiger partial charge in [-0.1, -0.05) is 43.0 Å². The first kappa shape index (κ1) is 20.3. The number of phenols is 1. The van der Waals surface area contributed by atoms with Gasteiger partial charge in [-0.25, -0.2) is 0 Å². The number of thioether (sulfide) groups is 1. The number of aliphatic hydroxyl groups excluding tert-OH is 3. The first-order valence-electron chi connectivity index (χ1n) is 8.76. The highest BCUT2D eigenvalue weighted by Crippen LogP contribution is 2.28. The van der Waals surface area contributed by atoms with Crippen LogP contribution in [0.15, 0.2) is 53.7 Å². The van der Waals surface area contributed by atoms with Crippen molar-refractivity contribution in [3.63, 3.8) is 0 Å². The molecule has 3 rings (SSSR count). The first-order valence-corrected chi connectivity index (χ1v) is 9.74. The monoisotopic (exact) mass is 402 g/mol. The van der Waals surface area contributed by atoms with Crippen LogP contribution >= 0.6 is 11.8 Å². The zero-order valence-electron chi connectivity index (χ0n) is 15.3. The zero-order valence-corrected chi connectivity index (χ0v) is 16.1. The van der Waals surface area contributed by atoms with Crippen molar-refractivity contribution in [2.45, 2.75) is 30.9 Å². The van der Waals surface area contributed by atoms with E-state index in [1.165, 1.54) is 16.4 Å². The Kier molecular flexibility index (Phi) is 6.63. The second kappa shape index (κ2) is 9.16. The lowest BCUT2D eigenvalue weighted by atomic mass is 9.93. The van der Waals surface area contributed by atoms with E-state index in [0.29, 0.717) is 22.2 Å². The number of phenolic OH excluding ortho intramolecular Hbond substituents is 1. The van der Waals surface area contributed by atoms with Gasteiger partial charge in [-0.2, -0.15) is 4.68 Å². The average Bonchev–Trinajstić information content (AvgIpc) is 3.20. The van der Waals surface area contributed by atoms with Crippen molar-refractivity contribution in [2.75, 3.05) is 5.75 Å². The molecular weight excluding hydrogens is 380 g/mol. The highest BCUT2D eigenvalue weighted by Gasteiger charge is 2.25. The Balaban J connectivity index is 1.62. The van der Waals surface area contributed by atoms with Crippen molar-refractivity contribution >= 4 is 11.8 Å². The predicted molar refractivity (Wildman–Crippen MR) is 104 cm³/mol. The minimum Gasteiger partial charge on any atom is -0.508 e. The molecule has 0 aliphatic rings. The van der Waals surface area contributed by atoms with E-state index in [9.17, 15) is 15.3 Å². The van der Waals surface area contributed by atoms with Gasteiger partial charge in [0.05, 0.1) is 24.5 Å². The highest BCUT2D eigenvalue weighted by molar-refractivity contribution is 7.99. The number of hydrogen-bond donors (Lipinski definition) is 4. The lowest BCUT2D eigenvalue weighted by Gasteiger charge is -2.24. The summed E-state index contributed by atoms with van der Waals surface area (Å²) in [6.45, 7) is 1.72. The lowest BCUT2D eigenvalue weighted by Crippen LogP contribution is -2.26. The molecule has 3 unspecified atom stereocenters. The molecule has 0 fully saturated rings. The SMILES string of the molecule is CC(C(O)CSc1nnnn1-c1ccc(O)cc1)C(O)c1ccc(CO)cc1. The van der Waals surface area contributed by atoms with Crippen molar-refractivity contribution in [3.05, 3.63) is 59.7 Å². The fraction of sp³-hybridized carbons (Fsp3) is 0.316. The van der Waals surface area contributed by atoms with Crippen LogP contribution in [0.2, 0.25) is 0 Å². The smallest absolute Gasteiger partial charge is 0.214 e. The molecule has 0 spiro atoms. The van der Waals surface area contributed by atoms with Crippen molar-refractivity contribution in [1.29, 1.82) is 0 Å². The first-order chi connectivity index (χ1) is 13.5. The number of aromatic nitrogens is 4. The van der Waals surface area contributed by atoms with Gasteiger partial charge in [0.25, 0.3) is 0 Å². The molecule has 148 valence electrons. The van der Waals surface area contributed by atoms with Crippen LogP contribution < -0.4 is 0 Å². The van der Waals surface area contributed by atoms with Crippen molar-refractivity contribution in [1.82, 2.24) is 20.2 Å². The number of hydrogen-bond acceptors (Lipinski definition) is 8. The third-order valence-electron chi connectivity index (χ3n) is 4.53. The van der Waals surface area contributed by atoms with Gasteiger partial charge in [0, 0.05) is 11.7 Å². The quantitative estimate of drug-likeness (QED) is 0.420. The van der Waals surface area contributed by atoms with Crippen molar-refractivity contribution in [2.24, 2.45) is 5.92 Å². The summed E-state index contributed by atoms with van der Waals surface area (Å²) in [5.41, 5.74) is 2.14. The molecule has 28 heavy (non-hydrogen) atoms. The van der Waals surface area contributed by atoms with Gasteiger partial charge in [-0.15, -0.1) is 5.10 Å². The van der Waals surface area contributed by atoms with E-state index in [1.54, 1.807) is 55.5 Å². The number of aliphatic hydroxyl groups is 3. The summed E-state index contributed by atoms with van der Waals surface area (Å²) in [5, 5.41) is 51.6. The van der Waals surface area contributed by atoms with Crippen LogP contribution in [0, 0.1) is 5.92 Å². The fourth-order valence-corrected chi connectivity index (χ4v) is 3.65. The summed E-state index contributed by atoms with van der Waals surface area (Å²) in [5.74, 6) is 0.0348. The second-order valence-electron chi connectivity index (χ2n) is 6.47. The maximum absolute atomic E-state index is 10.5. The number of rotatable bonds is 8. The van der Waals surface area contributed by atoms with E-state index in [-0.39, 0.29) is 12.4 Å². The van der Waals surface area contributed by atoms with Gasteiger partial charge in [-0.3, -0.25) is 0 Å². The van der Waals surface area contributed by atoms with Crippen LogP contribution in [-0.2, 0) is 6.61 Å². The Morgan fingerprint density at radius 2 is 1.71 bits per heavy atom. The normalized spacial score (nSPS) is 14.6. The standard InChI is InChI=1S/C19H22N4O4S/c1-12(18(27)14-4-2-13(10-24)3-5-14)17(26)11-28-19-20-21-22-23(19)15-6-8-16(25)9-7-15/h2-9,12,17-18,24-27H,10-11H2,1H3. The van der Waals surface area contributed by atoms with E-state index in [0.717, 1.165) is 5.56 Å². The summed E-state index contributed by atoms with van der Waals surface area (Å²) >= 11 is 1.28. The van der Waals surface area contributed by atoms with E-state index >= 15 is 0 Å². The summed E-state index contributed by atoms with van der Waals surface area (Å²) in [6.07, 6.45) is -1.63. The molecule has 8 nitrogen and oxygen atoms in total. The molecule has 0 amide bonds. The molecular formula is C19H22N4O4S. The van der Waals surface area contributed by atoms with Crippen LogP contribution in [0.25, 0.3) is 5.69 Å². The lowest BCUT2D eigenvalue weighted by molar-refractivity contribution is 0.0330. The Labute approximate surface area is 166 Å². The number of benzene rings is 2. The van der Waals surface area contributed by atoms with Crippen molar-refractivity contribution in [3.8, 4) is 11.4 Å². The number of aromatic hydroxyl groups is 1. The second-order valence-corrected chi connectivity index (χ2v) is 7.46. The Morgan fingerprint density at radius 3 is 2.36 bits per heavy atom. The molecule has 3 atom stereocenters. The molecule has 0 radical (unpaired) electrons. The minimum atomic E-state index is -0.837. The van der Waals surface area contributed by atoms with Gasteiger partial charge in [0.15, 0.2) is 0 Å². The predicted octanol–water partition coefficient (Wildman–Crippen LogP) is 1.68. The molecule has 0 bridgehead atoms. The maximum Gasteiger partial charge on any atom is 0.214 e. The molecule has 4 N–H and O–H groups in total. The highest BCUT2D eigenvalue weighted by atomic mass is 32.2. The summed E-state index contributed by atoms with van der Waals surface area (Å²) in [6, 6.07) is 13.5. The van der Waals surface area contributed by atoms with Crippen LogP contribution in [-0.4, -0.2) is 52.5 Å². The largest absolute Gasteiger partial charge is 0.508 e. The van der Waals surface area contributed by atoms with E-state index in [1.807, 2.05) is 0 Å². The summed E-state index contributed by atoms with van der Waals surface area (Å²) in [7, 11) is 0. The van der Waals surface area contributed by atoms with Crippen LogP contribution in [0.5, 0.6) is 5.75 Å². The Bertz CT molecular complexity index is 886. The van der Waals surface area contributed by atoms with Crippen LogP contribution in [0.4, 0.5) is 0 Å². The van der Waals surface area contributed by atoms with Crippen molar-refractivity contribution < 1.29 is 20.4 Å². The van der Waals surface area contributed by atoms with Gasteiger partial charge in [0.2, 0.25) is 5.16 Å². The van der Waals surface area contributed by atoms with E-state index < -0.39 is 18.1 Å². The van der Waals surface area contributed by atoms with E-state index in [4.69, 9.17) is 5.11 Å². The van der Waals surface area contributed by atoms with Gasteiger partial charge < -0.3 is 20.4 Å². The topological polar surface area (TPSA) is 125 Å². The molecule has 3 aromatic rings. The molecule has 2 aromatic carbocycles. The molecule has 0 saturated heterocycles. The number of nitrogens with zero attached hydrogens (tertiary/aromatic N) is 4. The maximum atomic E-state index is 10.5. The fourth-order valence-electron chi connectivity index (χ4n) is 2.67. The van der Waals surface area contributed by atoms with Crippen LogP contribution in [0.3, 0.4) is 0 Å². The minimum absolute atomic E-state index is 0.0546. The summed E-state index contributed by atoms with van der Waals surface area (Å²) < 4.78 is 1.52. The Morgan fingerprint density at radius 1 is 1.04 bits per heavy atom. The molecule has 0 aliphatic heterocycles. The number of tetrazole rings is 1.